The molecule has 0 saturated carbocycles. The molecule has 2 aromatic rings. The van der Waals surface area contributed by atoms with E-state index in [1.165, 1.54) is 12.3 Å². The topological polar surface area (TPSA) is 94.2 Å². The SMILES string of the molecule is C/C=C\n1c(=O)c(C(=O)O)nn(-c2ccccc2)c1=O. The number of para-hydroxylation sites is 1. The average Bonchev–Trinajstić information content (AvgIpc) is 2.44. The van der Waals surface area contributed by atoms with Crippen molar-refractivity contribution in [3.8, 4) is 5.69 Å². The molecule has 7 heteroatoms. The zero-order chi connectivity index (χ0) is 14.7. The van der Waals surface area contributed by atoms with E-state index in [-0.39, 0.29) is 0 Å². The van der Waals surface area contributed by atoms with Gasteiger partial charge in [-0.15, -0.1) is 0 Å². The van der Waals surface area contributed by atoms with Crippen LogP contribution < -0.4 is 11.2 Å². The molecule has 102 valence electrons. The average molecular weight is 273 g/mol. The number of rotatable bonds is 3. The molecule has 0 radical (unpaired) electrons. The van der Waals surface area contributed by atoms with Crippen molar-refractivity contribution >= 4 is 12.2 Å². The first-order chi connectivity index (χ1) is 9.56. The summed E-state index contributed by atoms with van der Waals surface area (Å²) in [5, 5.41) is 12.6. The van der Waals surface area contributed by atoms with E-state index in [0.717, 1.165) is 4.68 Å². The molecule has 7 nitrogen and oxygen atoms in total. The number of carboxylic acid groups (broad SMARTS) is 1. The Hall–Kier alpha value is -2.96. The van der Waals surface area contributed by atoms with Crippen LogP contribution >= 0.6 is 0 Å². The second-order valence-corrected chi connectivity index (χ2v) is 3.84. The molecule has 0 aliphatic carbocycles. The minimum Gasteiger partial charge on any atom is -0.476 e. The summed E-state index contributed by atoms with van der Waals surface area (Å²) in [5.74, 6) is -1.49. The van der Waals surface area contributed by atoms with Crippen molar-refractivity contribution in [3.05, 3.63) is 62.9 Å². The summed E-state index contributed by atoms with van der Waals surface area (Å²) >= 11 is 0. The van der Waals surface area contributed by atoms with Gasteiger partial charge in [-0.1, -0.05) is 24.3 Å². The van der Waals surface area contributed by atoms with Gasteiger partial charge in [0.1, 0.15) is 0 Å². The van der Waals surface area contributed by atoms with Crippen molar-refractivity contribution in [1.29, 1.82) is 0 Å². The van der Waals surface area contributed by atoms with E-state index < -0.39 is 22.9 Å². The van der Waals surface area contributed by atoms with Crippen LogP contribution in [0, 0.1) is 0 Å². The molecular formula is C13H11N3O4. The third-order valence-electron chi connectivity index (χ3n) is 2.51. The molecule has 1 aromatic carbocycles. The molecule has 20 heavy (non-hydrogen) atoms. The van der Waals surface area contributed by atoms with Crippen molar-refractivity contribution in [2.24, 2.45) is 0 Å². The van der Waals surface area contributed by atoms with Gasteiger partial charge in [-0.05, 0) is 19.1 Å². The summed E-state index contributed by atoms with van der Waals surface area (Å²) in [5.41, 5.74) is -2.04. The molecule has 0 aliphatic heterocycles. The van der Waals surface area contributed by atoms with Crippen molar-refractivity contribution in [2.75, 3.05) is 0 Å². The van der Waals surface area contributed by atoms with E-state index in [2.05, 4.69) is 5.10 Å². The van der Waals surface area contributed by atoms with Crippen LogP contribution in [0.4, 0.5) is 0 Å². The fourth-order valence-electron chi connectivity index (χ4n) is 1.64. The van der Waals surface area contributed by atoms with Crippen LogP contribution in [0.2, 0.25) is 0 Å². The van der Waals surface area contributed by atoms with Gasteiger partial charge >= 0.3 is 11.7 Å². The quantitative estimate of drug-likeness (QED) is 0.882. The zero-order valence-corrected chi connectivity index (χ0v) is 10.6. The highest BCUT2D eigenvalue weighted by atomic mass is 16.4. The molecule has 2 rings (SSSR count). The summed E-state index contributed by atoms with van der Waals surface area (Å²) < 4.78 is 1.59. The summed E-state index contributed by atoms with van der Waals surface area (Å²) in [6, 6.07) is 8.27. The molecule has 0 spiro atoms. The van der Waals surface area contributed by atoms with Crippen molar-refractivity contribution in [3.63, 3.8) is 0 Å². The molecular weight excluding hydrogens is 262 g/mol. The van der Waals surface area contributed by atoms with E-state index in [1.54, 1.807) is 37.3 Å². The van der Waals surface area contributed by atoms with Gasteiger partial charge in [0.25, 0.3) is 5.56 Å². The van der Waals surface area contributed by atoms with E-state index in [0.29, 0.717) is 10.3 Å². The second-order valence-electron chi connectivity index (χ2n) is 3.84. The lowest BCUT2D eigenvalue weighted by Gasteiger charge is -2.07. The minimum absolute atomic E-state index is 0.373. The fourth-order valence-corrected chi connectivity index (χ4v) is 1.64. The Kier molecular flexibility index (Phi) is 3.60. The van der Waals surface area contributed by atoms with Gasteiger partial charge in [-0.2, -0.15) is 9.78 Å². The predicted molar refractivity (Wildman–Crippen MR) is 72.1 cm³/mol. The van der Waals surface area contributed by atoms with E-state index in [9.17, 15) is 14.4 Å². The Morgan fingerprint density at radius 3 is 2.45 bits per heavy atom. The zero-order valence-electron chi connectivity index (χ0n) is 10.6. The fraction of sp³-hybridized carbons (Fsp3) is 0.0769. The maximum absolute atomic E-state index is 12.2. The highest BCUT2D eigenvalue weighted by Gasteiger charge is 2.18. The third kappa shape index (κ3) is 2.28. The number of carboxylic acids is 1. The third-order valence-corrected chi connectivity index (χ3v) is 2.51. The lowest BCUT2D eigenvalue weighted by molar-refractivity contribution is 0.0685. The van der Waals surface area contributed by atoms with Crippen LogP contribution in [-0.4, -0.2) is 25.4 Å². The molecule has 1 aromatic heterocycles. The van der Waals surface area contributed by atoms with Crippen molar-refractivity contribution in [2.45, 2.75) is 6.92 Å². The highest BCUT2D eigenvalue weighted by Crippen LogP contribution is 2.01. The van der Waals surface area contributed by atoms with E-state index in [4.69, 9.17) is 5.11 Å². The summed E-state index contributed by atoms with van der Waals surface area (Å²) in [6.07, 6.45) is 2.67. The van der Waals surface area contributed by atoms with Gasteiger partial charge < -0.3 is 5.11 Å². The largest absolute Gasteiger partial charge is 0.476 e. The van der Waals surface area contributed by atoms with Gasteiger partial charge in [0.05, 0.1) is 5.69 Å². The van der Waals surface area contributed by atoms with E-state index >= 15 is 0 Å². The lowest BCUT2D eigenvalue weighted by Crippen LogP contribution is -2.41. The standard InChI is InChI=1S/C13H11N3O4/c1-2-8-15-11(17)10(12(18)19)14-16(13(15)20)9-6-4-3-5-7-9/h2-8H,1H3,(H,18,19)/b8-2-. The first-order valence-electron chi connectivity index (χ1n) is 5.73. The molecule has 1 N–H and O–H groups in total. The highest BCUT2D eigenvalue weighted by molar-refractivity contribution is 5.84. The predicted octanol–water partition coefficient (Wildman–Crippen LogP) is 0.583. The number of aromatic carboxylic acids is 1. The number of hydrogen-bond acceptors (Lipinski definition) is 4. The Bertz CT molecular complexity index is 787. The maximum atomic E-state index is 12.2. The van der Waals surface area contributed by atoms with Crippen LogP contribution in [-0.2, 0) is 0 Å². The van der Waals surface area contributed by atoms with Crippen LogP contribution in [0.25, 0.3) is 11.9 Å². The maximum Gasteiger partial charge on any atom is 0.362 e. The number of nitrogens with zero attached hydrogens (tertiary/aromatic N) is 3. The monoisotopic (exact) mass is 273 g/mol. The van der Waals surface area contributed by atoms with Crippen molar-refractivity contribution in [1.82, 2.24) is 14.3 Å². The van der Waals surface area contributed by atoms with Crippen LogP contribution in [0.5, 0.6) is 0 Å². The smallest absolute Gasteiger partial charge is 0.362 e. The number of benzene rings is 1. The van der Waals surface area contributed by atoms with Crippen LogP contribution in [0.15, 0.2) is 46.0 Å². The molecule has 1 heterocycles. The minimum atomic E-state index is -1.49. The molecule has 0 bridgehead atoms. The number of aromatic nitrogens is 3. The van der Waals surface area contributed by atoms with Gasteiger partial charge in [0.2, 0.25) is 5.69 Å². The molecule has 0 aliphatic rings. The second kappa shape index (κ2) is 5.35. The molecule has 0 atom stereocenters. The van der Waals surface area contributed by atoms with Crippen molar-refractivity contribution < 1.29 is 9.90 Å². The summed E-state index contributed by atoms with van der Waals surface area (Å²) in [4.78, 5) is 35.1. The number of hydrogen-bond donors (Lipinski definition) is 1. The Morgan fingerprint density at radius 1 is 1.25 bits per heavy atom. The van der Waals surface area contributed by atoms with Gasteiger partial charge in [-0.25, -0.2) is 14.2 Å². The van der Waals surface area contributed by atoms with Crippen LogP contribution in [0.3, 0.4) is 0 Å². The Morgan fingerprint density at radius 2 is 1.90 bits per heavy atom. The first kappa shape index (κ1) is 13.5. The normalized spacial score (nSPS) is 10.8. The Labute approximate surface area is 113 Å². The van der Waals surface area contributed by atoms with Crippen LogP contribution in [0.1, 0.15) is 17.4 Å². The number of carbonyl (C=O) groups is 1. The first-order valence-corrected chi connectivity index (χ1v) is 5.73. The Balaban J connectivity index is 2.86. The van der Waals surface area contributed by atoms with Gasteiger partial charge in [-0.3, -0.25) is 4.79 Å². The van der Waals surface area contributed by atoms with Gasteiger partial charge in [0, 0.05) is 6.20 Å². The summed E-state index contributed by atoms with van der Waals surface area (Å²) in [7, 11) is 0. The number of allylic oxidation sites excluding steroid dienone is 1. The molecule has 0 amide bonds. The van der Waals surface area contributed by atoms with E-state index in [1.807, 2.05) is 0 Å². The lowest BCUT2D eigenvalue weighted by atomic mass is 10.3. The molecule has 0 fully saturated rings. The molecule has 0 saturated heterocycles. The molecule has 0 unspecified atom stereocenters. The van der Waals surface area contributed by atoms with Gasteiger partial charge in [0.15, 0.2) is 0 Å². The summed E-state index contributed by atoms with van der Waals surface area (Å²) in [6.45, 7) is 1.61.